The molecule has 1 aliphatic carbocycles. The highest BCUT2D eigenvalue weighted by molar-refractivity contribution is 7.09. The van der Waals surface area contributed by atoms with Gasteiger partial charge >= 0.3 is 0 Å². The minimum absolute atomic E-state index is 0.476. The van der Waals surface area contributed by atoms with Crippen molar-refractivity contribution in [2.24, 2.45) is 10.4 Å². The van der Waals surface area contributed by atoms with E-state index < -0.39 is 0 Å². The molecule has 0 radical (unpaired) electrons. The number of aromatic nitrogens is 1. The maximum Gasteiger partial charge on any atom is 0.191 e. The summed E-state index contributed by atoms with van der Waals surface area (Å²) in [5.41, 5.74) is 1.66. The van der Waals surface area contributed by atoms with Crippen LogP contribution in [-0.2, 0) is 6.54 Å². The van der Waals surface area contributed by atoms with Crippen molar-refractivity contribution >= 4 is 17.3 Å². The molecule has 0 bridgehead atoms. The van der Waals surface area contributed by atoms with Crippen LogP contribution in [0.5, 0.6) is 0 Å². The summed E-state index contributed by atoms with van der Waals surface area (Å²) in [4.78, 5) is 9.00. The zero-order valence-corrected chi connectivity index (χ0v) is 15.2. The first-order valence-electron chi connectivity index (χ1n) is 8.47. The molecule has 124 valence electrons. The number of rotatable bonds is 6. The van der Waals surface area contributed by atoms with Gasteiger partial charge < -0.3 is 10.6 Å². The number of nitrogens with one attached hydrogen (secondary N) is 2. The fourth-order valence-electron chi connectivity index (χ4n) is 3.10. The van der Waals surface area contributed by atoms with Gasteiger partial charge in [-0.3, -0.25) is 4.99 Å². The third-order valence-electron chi connectivity index (χ3n) is 4.84. The van der Waals surface area contributed by atoms with E-state index in [9.17, 15) is 0 Å². The van der Waals surface area contributed by atoms with Gasteiger partial charge in [-0.25, -0.2) is 4.98 Å². The van der Waals surface area contributed by atoms with E-state index in [1.54, 1.807) is 11.3 Å². The summed E-state index contributed by atoms with van der Waals surface area (Å²) in [6, 6.07) is 0. The third kappa shape index (κ3) is 4.45. The largest absolute Gasteiger partial charge is 0.356 e. The van der Waals surface area contributed by atoms with Crippen LogP contribution < -0.4 is 10.6 Å². The highest BCUT2D eigenvalue weighted by Gasteiger charge is 2.31. The molecule has 0 spiro atoms. The maximum atomic E-state index is 4.66. The molecule has 0 aliphatic heterocycles. The lowest BCUT2D eigenvalue weighted by atomic mass is 9.83. The molecule has 2 rings (SSSR count). The van der Waals surface area contributed by atoms with Gasteiger partial charge in [0.1, 0.15) is 5.01 Å². The maximum absolute atomic E-state index is 4.66. The molecular weight excluding hydrogens is 292 g/mol. The van der Waals surface area contributed by atoms with E-state index in [0.717, 1.165) is 24.1 Å². The highest BCUT2D eigenvalue weighted by atomic mass is 32.1. The molecule has 0 saturated heterocycles. The molecule has 1 aliphatic rings. The first-order chi connectivity index (χ1) is 10.6. The van der Waals surface area contributed by atoms with Crippen molar-refractivity contribution < 1.29 is 0 Å². The third-order valence-corrected chi connectivity index (χ3v) is 5.70. The lowest BCUT2D eigenvalue weighted by Gasteiger charge is -2.28. The van der Waals surface area contributed by atoms with E-state index in [1.165, 1.54) is 37.8 Å². The molecule has 1 aromatic rings. The second-order valence-electron chi connectivity index (χ2n) is 6.66. The van der Waals surface area contributed by atoms with Crippen LogP contribution in [0, 0.1) is 5.41 Å². The van der Waals surface area contributed by atoms with Crippen LogP contribution >= 0.6 is 11.3 Å². The Morgan fingerprint density at radius 1 is 1.36 bits per heavy atom. The van der Waals surface area contributed by atoms with Crippen LogP contribution in [0.15, 0.2) is 10.4 Å². The van der Waals surface area contributed by atoms with Gasteiger partial charge in [0.2, 0.25) is 0 Å². The first-order valence-corrected chi connectivity index (χ1v) is 9.35. The van der Waals surface area contributed by atoms with Crippen molar-refractivity contribution in [2.75, 3.05) is 13.6 Å². The van der Waals surface area contributed by atoms with Crippen molar-refractivity contribution in [1.82, 2.24) is 15.6 Å². The Kier molecular flexibility index (Phi) is 6.24. The average Bonchev–Trinajstić information content (AvgIpc) is 3.17. The second kappa shape index (κ2) is 7.95. The van der Waals surface area contributed by atoms with Gasteiger partial charge in [-0.05, 0) is 30.6 Å². The second-order valence-corrected chi connectivity index (χ2v) is 7.60. The number of aliphatic imine (C=N–C) groups is 1. The summed E-state index contributed by atoms with van der Waals surface area (Å²) in [6.07, 6.45) is 6.69. The topological polar surface area (TPSA) is 49.3 Å². The predicted octanol–water partition coefficient (Wildman–Crippen LogP) is 3.90. The quantitative estimate of drug-likeness (QED) is 0.617. The Hall–Kier alpha value is -1.10. The zero-order valence-electron chi connectivity index (χ0n) is 14.4. The van der Waals surface area contributed by atoms with Gasteiger partial charge in [0.05, 0.1) is 12.2 Å². The molecule has 0 atom stereocenters. The van der Waals surface area contributed by atoms with E-state index in [0.29, 0.717) is 11.3 Å². The van der Waals surface area contributed by atoms with Gasteiger partial charge in [-0.15, -0.1) is 11.3 Å². The van der Waals surface area contributed by atoms with Crippen molar-refractivity contribution in [2.45, 2.75) is 65.3 Å². The number of hydrogen-bond acceptors (Lipinski definition) is 3. The van der Waals surface area contributed by atoms with E-state index in [1.807, 2.05) is 7.05 Å². The van der Waals surface area contributed by atoms with E-state index in [2.05, 4.69) is 46.8 Å². The molecule has 22 heavy (non-hydrogen) atoms. The lowest BCUT2D eigenvalue weighted by Crippen LogP contribution is -2.42. The minimum atomic E-state index is 0.476. The Labute approximate surface area is 138 Å². The summed E-state index contributed by atoms with van der Waals surface area (Å²) >= 11 is 1.72. The molecule has 0 unspecified atom stereocenters. The van der Waals surface area contributed by atoms with E-state index >= 15 is 0 Å². The molecule has 1 saturated carbocycles. The molecule has 2 N–H and O–H groups in total. The van der Waals surface area contributed by atoms with Gasteiger partial charge in [0.25, 0.3) is 0 Å². The monoisotopic (exact) mass is 322 g/mol. The van der Waals surface area contributed by atoms with Crippen LogP contribution in [0.3, 0.4) is 0 Å². The van der Waals surface area contributed by atoms with Gasteiger partial charge in [-0.2, -0.15) is 0 Å². The van der Waals surface area contributed by atoms with E-state index in [4.69, 9.17) is 0 Å². The van der Waals surface area contributed by atoms with Crippen LogP contribution in [0.2, 0.25) is 0 Å². The molecule has 4 nitrogen and oxygen atoms in total. The van der Waals surface area contributed by atoms with Crippen molar-refractivity contribution in [3.05, 3.63) is 16.1 Å². The number of thiazole rings is 1. The van der Waals surface area contributed by atoms with Crippen LogP contribution in [-0.4, -0.2) is 24.5 Å². The molecule has 5 heteroatoms. The molecular formula is C17H30N4S. The van der Waals surface area contributed by atoms with Crippen LogP contribution in [0.1, 0.15) is 69.5 Å². The normalized spacial score (nSPS) is 18.0. The Bertz CT molecular complexity index is 487. The summed E-state index contributed by atoms with van der Waals surface area (Å²) in [7, 11) is 1.84. The summed E-state index contributed by atoms with van der Waals surface area (Å²) in [5, 5.41) is 10.2. The smallest absolute Gasteiger partial charge is 0.191 e. The zero-order chi connectivity index (χ0) is 16.0. The van der Waals surface area contributed by atoms with E-state index in [-0.39, 0.29) is 0 Å². The minimum Gasteiger partial charge on any atom is -0.356 e. The SMILES string of the molecule is CCC1(CNC(=NC)NCc2nc(C(C)C)cs2)CCCC1. The molecule has 0 aromatic carbocycles. The number of hydrogen-bond donors (Lipinski definition) is 2. The summed E-state index contributed by atoms with van der Waals surface area (Å²) in [5.74, 6) is 1.38. The average molecular weight is 323 g/mol. The Morgan fingerprint density at radius 3 is 2.64 bits per heavy atom. The van der Waals surface area contributed by atoms with Crippen LogP contribution in [0.25, 0.3) is 0 Å². The van der Waals surface area contributed by atoms with Crippen LogP contribution in [0.4, 0.5) is 0 Å². The standard InChI is InChI=1S/C17H30N4S/c1-5-17(8-6-7-9-17)12-20-16(18-4)19-10-15-21-14(11-22-15)13(2)3/h11,13H,5-10,12H2,1-4H3,(H2,18,19,20). The molecule has 1 fully saturated rings. The summed E-state index contributed by atoms with van der Waals surface area (Å²) in [6.45, 7) is 8.44. The number of guanidine groups is 1. The van der Waals surface area contributed by atoms with Gasteiger partial charge in [0.15, 0.2) is 5.96 Å². The van der Waals surface area contributed by atoms with Crippen molar-refractivity contribution in [3.63, 3.8) is 0 Å². The van der Waals surface area contributed by atoms with Crippen molar-refractivity contribution in [1.29, 1.82) is 0 Å². The molecule has 1 heterocycles. The first kappa shape index (κ1) is 17.3. The van der Waals surface area contributed by atoms with Gasteiger partial charge in [0, 0.05) is 19.0 Å². The fourth-order valence-corrected chi connectivity index (χ4v) is 4.00. The Morgan fingerprint density at radius 2 is 2.09 bits per heavy atom. The van der Waals surface area contributed by atoms with Gasteiger partial charge in [-0.1, -0.05) is 33.6 Å². The number of nitrogens with zero attached hydrogens (tertiary/aromatic N) is 2. The van der Waals surface area contributed by atoms with Crippen molar-refractivity contribution in [3.8, 4) is 0 Å². The molecule has 1 aromatic heterocycles. The predicted molar refractivity (Wildman–Crippen MR) is 95.6 cm³/mol. The Balaban J connectivity index is 1.82. The lowest BCUT2D eigenvalue weighted by molar-refractivity contribution is 0.283. The fraction of sp³-hybridized carbons (Fsp3) is 0.765. The summed E-state index contributed by atoms with van der Waals surface area (Å²) < 4.78 is 0. The highest BCUT2D eigenvalue weighted by Crippen LogP contribution is 2.40. The molecule has 0 amide bonds.